The molecule has 0 saturated heterocycles. The quantitative estimate of drug-likeness (QED) is 0.788. The van der Waals surface area contributed by atoms with Crippen LogP contribution in [0.2, 0.25) is 5.02 Å². The number of rotatable bonds is 5. The van der Waals surface area contributed by atoms with E-state index in [4.69, 9.17) is 16.3 Å². The second-order valence-electron chi connectivity index (χ2n) is 4.52. The lowest BCUT2D eigenvalue weighted by Gasteiger charge is -2.14. The predicted octanol–water partition coefficient (Wildman–Crippen LogP) is 3.69. The predicted molar refractivity (Wildman–Crippen MR) is 83.9 cm³/mol. The Bertz CT molecular complexity index is 778. The van der Waals surface area contributed by atoms with Gasteiger partial charge in [0, 0.05) is 18.0 Å². The number of hydrogen-bond acceptors (Lipinski definition) is 3. The number of nitrogens with zero attached hydrogens (tertiary/aromatic N) is 1. The fourth-order valence-corrected chi connectivity index (χ4v) is 3.56. The van der Waals surface area contributed by atoms with E-state index in [1.807, 2.05) is 13.8 Å². The molecule has 4 nitrogen and oxygen atoms in total. The van der Waals surface area contributed by atoms with Crippen molar-refractivity contribution in [3.63, 3.8) is 0 Å². The highest BCUT2D eigenvalue weighted by Gasteiger charge is 2.22. The number of halogens is 1. The van der Waals surface area contributed by atoms with Crippen LogP contribution in [-0.2, 0) is 14.8 Å². The summed E-state index contributed by atoms with van der Waals surface area (Å²) in [6.07, 6.45) is 2.76. The average molecular weight is 326 g/mol. The van der Waals surface area contributed by atoms with E-state index in [2.05, 4.69) is 6.58 Å². The van der Waals surface area contributed by atoms with Gasteiger partial charge in [0.2, 0.25) is 0 Å². The molecule has 0 aliphatic rings. The third-order valence-electron chi connectivity index (χ3n) is 2.94. The Balaban J connectivity index is 2.60. The summed E-state index contributed by atoms with van der Waals surface area (Å²) in [4.78, 5) is 0.138. The van der Waals surface area contributed by atoms with Gasteiger partial charge in [-0.05, 0) is 32.0 Å². The van der Waals surface area contributed by atoms with Crippen LogP contribution in [0.4, 0.5) is 0 Å². The van der Waals surface area contributed by atoms with Crippen molar-refractivity contribution >= 4 is 27.4 Å². The SMILES string of the molecule is C=C(OCC)c1cc(C)ccc1S(=O)(=O)n1ccc(Cl)c1. The van der Waals surface area contributed by atoms with Crippen molar-refractivity contribution in [1.82, 2.24) is 3.97 Å². The molecule has 0 saturated carbocycles. The molecule has 0 aliphatic carbocycles. The van der Waals surface area contributed by atoms with E-state index in [0.717, 1.165) is 9.54 Å². The van der Waals surface area contributed by atoms with Gasteiger partial charge in [-0.25, -0.2) is 12.4 Å². The van der Waals surface area contributed by atoms with Crippen LogP contribution in [0.1, 0.15) is 18.1 Å². The molecule has 0 aliphatic heterocycles. The first-order valence-electron chi connectivity index (χ1n) is 6.38. The molecule has 21 heavy (non-hydrogen) atoms. The lowest BCUT2D eigenvalue weighted by Crippen LogP contribution is -2.13. The third-order valence-corrected chi connectivity index (χ3v) is 4.86. The smallest absolute Gasteiger partial charge is 0.268 e. The number of ether oxygens (including phenoxy) is 1. The van der Waals surface area contributed by atoms with E-state index in [1.54, 1.807) is 18.2 Å². The van der Waals surface area contributed by atoms with Crippen LogP contribution in [0.15, 0.2) is 48.1 Å². The minimum absolute atomic E-state index is 0.138. The van der Waals surface area contributed by atoms with E-state index in [9.17, 15) is 8.42 Å². The van der Waals surface area contributed by atoms with Gasteiger partial charge >= 0.3 is 0 Å². The molecule has 0 unspecified atom stereocenters. The summed E-state index contributed by atoms with van der Waals surface area (Å²) < 4.78 is 31.8. The van der Waals surface area contributed by atoms with E-state index in [1.165, 1.54) is 18.5 Å². The summed E-state index contributed by atoms with van der Waals surface area (Å²) in [5.74, 6) is 0.332. The second kappa shape index (κ2) is 5.95. The van der Waals surface area contributed by atoms with E-state index >= 15 is 0 Å². The van der Waals surface area contributed by atoms with Gasteiger partial charge in [0.15, 0.2) is 0 Å². The number of hydrogen-bond donors (Lipinski definition) is 0. The maximum atomic E-state index is 12.7. The van der Waals surface area contributed by atoms with Gasteiger partial charge in [0.25, 0.3) is 10.0 Å². The van der Waals surface area contributed by atoms with Crippen LogP contribution in [-0.4, -0.2) is 19.0 Å². The first-order valence-corrected chi connectivity index (χ1v) is 8.20. The maximum Gasteiger partial charge on any atom is 0.268 e. The van der Waals surface area contributed by atoms with Crippen molar-refractivity contribution in [2.24, 2.45) is 0 Å². The van der Waals surface area contributed by atoms with Gasteiger partial charge in [-0.3, -0.25) is 0 Å². The highest BCUT2D eigenvalue weighted by Crippen LogP contribution is 2.27. The van der Waals surface area contributed by atoms with Crippen molar-refractivity contribution in [3.05, 3.63) is 59.4 Å². The zero-order valence-corrected chi connectivity index (χ0v) is 13.4. The van der Waals surface area contributed by atoms with Crippen LogP contribution in [0.25, 0.3) is 5.76 Å². The van der Waals surface area contributed by atoms with Gasteiger partial charge < -0.3 is 4.74 Å². The van der Waals surface area contributed by atoms with Crippen LogP contribution in [0.3, 0.4) is 0 Å². The number of benzene rings is 1. The third kappa shape index (κ3) is 3.14. The Morgan fingerprint density at radius 3 is 2.67 bits per heavy atom. The zero-order valence-electron chi connectivity index (χ0n) is 11.8. The Labute approximate surface area is 129 Å². The molecular formula is C15H16ClNO3S. The molecule has 1 aromatic carbocycles. The molecular weight excluding hydrogens is 310 g/mol. The van der Waals surface area contributed by atoms with E-state index < -0.39 is 10.0 Å². The molecule has 112 valence electrons. The Morgan fingerprint density at radius 1 is 1.38 bits per heavy atom. The van der Waals surface area contributed by atoms with Crippen LogP contribution in [0, 0.1) is 6.92 Å². The standard InChI is InChI=1S/C15H16ClNO3S/c1-4-20-12(3)14-9-11(2)5-6-15(14)21(18,19)17-8-7-13(16)10-17/h5-10H,3-4H2,1-2H3. The molecule has 0 atom stereocenters. The van der Waals surface area contributed by atoms with E-state index in [-0.39, 0.29) is 4.90 Å². The van der Waals surface area contributed by atoms with Crippen molar-refractivity contribution < 1.29 is 13.2 Å². The zero-order chi connectivity index (χ0) is 15.6. The van der Waals surface area contributed by atoms with Gasteiger partial charge in [0.1, 0.15) is 5.76 Å². The Morgan fingerprint density at radius 2 is 2.10 bits per heavy atom. The van der Waals surface area contributed by atoms with Gasteiger partial charge in [-0.2, -0.15) is 0 Å². The monoisotopic (exact) mass is 325 g/mol. The summed E-state index contributed by atoms with van der Waals surface area (Å²) in [5, 5.41) is 0.357. The molecule has 0 fully saturated rings. The lowest BCUT2D eigenvalue weighted by molar-refractivity contribution is 0.298. The lowest BCUT2D eigenvalue weighted by atomic mass is 10.1. The van der Waals surface area contributed by atoms with Crippen LogP contribution in [0.5, 0.6) is 0 Å². The molecule has 0 bridgehead atoms. The van der Waals surface area contributed by atoms with Crippen molar-refractivity contribution in [2.75, 3.05) is 6.61 Å². The highest BCUT2D eigenvalue weighted by atomic mass is 35.5. The second-order valence-corrected chi connectivity index (χ2v) is 6.77. The fourth-order valence-electron chi connectivity index (χ4n) is 1.95. The van der Waals surface area contributed by atoms with Crippen molar-refractivity contribution in [2.45, 2.75) is 18.7 Å². The van der Waals surface area contributed by atoms with Crippen molar-refractivity contribution in [3.8, 4) is 0 Å². The Hall–Kier alpha value is -1.72. The van der Waals surface area contributed by atoms with Gasteiger partial charge in [0.05, 0.1) is 16.5 Å². The topological polar surface area (TPSA) is 48.3 Å². The average Bonchev–Trinajstić information content (AvgIpc) is 2.86. The summed E-state index contributed by atoms with van der Waals surface area (Å²) in [6.45, 7) is 7.93. The first kappa shape index (κ1) is 15.7. The maximum absolute atomic E-state index is 12.7. The molecule has 2 aromatic rings. The summed E-state index contributed by atoms with van der Waals surface area (Å²) in [5.41, 5.74) is 1.39. The number of aryl methyl sites for hydroxylation is 1. The Kier molecular flexibility index (Phi) is 4.44. The molecule has 1 heterocycles. The van der Waals surface area contributed by atoms with Crippen LogP contribution < -0.4 is 0 Å². The van der Waals surface area contributed by atoms with Gasteiger partial charge in [-0.1, -0.05) is 29.8 Å². The summed E-state index contributed by atoms with van der Waals surface area (Å²) in [6, 6.07) is 6.55. The first-order chi connectivity index (χ1) is 9.86. The fraction of sp³-hybridized carbons (Fsp3) is 0.200. The van der Waals surface area contributed by atoms with Gasteiger partial charge in [-0.15, -0.1) is 0 Å². The minimum atomic E-state index is -3.74. The molecule has 2 rings (SSSR count). The molecule has 1 aromatic heterocycles. The molecule has 0 spiro atoms. The largest absolute Gasteiger partial charge is 0.494 e. The molecule has 6 heteroatoms. The normalized spacial score (nSPS) is 11.4. The highest BCUT2D eigenvalue weighted by molar-refractivity contribution is 7.90. The van der Waals surface area contributed by atoms with Crippen LogP contribution >= 0.6 is 11.6 Å². The molecule has 0 amide bonds. The summed E-state index contributed by atoms with van der Waals surface area (Å²) in [7, 11) is -3.74. The van der Waals surface area contributed by atoms with Crippen molar-refractivity contribution in [1.29, 1.82) is 0 Å². The molecule has 0 N–H and O–H groups in total. The molecule has 0 radical (unpaired) electrons. The summed E-state index contributed by atoms with van der Waals surface area (Å²) >= 11 is 5.80. The minimum Gasteiger partial charge on any atom is -0.494 e. The number of aromatic nitrogens is 1. The van der Waals surface area contributed by atoms with E-state index in [0.29, 0.717) is 23.0 Å².